The second-order valence-corrected chi connectivity index (χ2v) is 5.13. The number of hydrogen-bond donors (Lipinski definition) is 2. The van der Waals surface area contributed by atoms with Gasteiger partial charge in [-0.15, -0.1) is 0 Å². The van der Waals surface area contributed by atoms with E-state index in [1.54, 1.807) is 6.07 Å². The number of likely N-dealkylation sites (N-methyl/N-ethyl adjacent to an activating group) is 1. The molecule has 104 valence electrons. The van der Waals surface area contributed by atoms with Crippen LogP contribution >= 0.6 is 11.6 Å². The quantitative estimate of drug-likeness (QED) is 0.644. The molecule has 1 atom stereocenters. The van der Waals surface area contributed by atoms with Gasteiger partial charge in [-0.3, -0.25) is 5.41 Å². The highest BCUT2D eigenvalue weighted by atomic mass is 35.5. The summed E-state index contributed by atoms with van der Waals surface area (Å²) in [6, 6.07) is 5.62. The van der Waals surface area contributed by atoms with Gasteiger partial charge in [0.05, 0.1) is 16.7 Å². The molecule has 0 saturated carbocycles. The highest BCUT2D eigenvalue weighted by molar-refractivity contribution is 6.34. The van der Waals surface area contributed by atoms with Crippen molar-refractivity contribution < 1.29 is 4.74 Å². The highest BCUT2D eigenvalue weighted by Gasteiger charge is 2.21. The second-order valence-electron chi connectivity index (χ2n) is 4.72. The van der Waals surface area contributed by atoms with Gasteiger partial charge in [-0.1, -0.05) is 17.7 Å². The molecule has 1 fully saturated rings. The third kappa shape index (κ3) is 3.19. The van der Waals surface area contributed by atoms with Gasteiger partial charge >= 0.3 is 0 Å². The van der Waals surface area contributed by atoms with Crippen molar-refractivity contribution in [1.29, 1.82) is 5.41 Å². The lowest BCUT2D eigenvalue weighted by Gasteiger charge is -2.28. The van der Waals surface area contributed by atoms with E-state index in [1.807, 2.05) is 12.1 Å². The molecule has 0 bridgehead atoms. The van der Waals surface area contributed by atoms with E-state index in [-0.39, 0.29) is 11.9 Å². The number of nitrogen functional groups attached to an aromatic ring is 1. The smallest absolute Gasteiger partial charge is 0.126 e. The van der Waals surface area contributed by atoms with Gasteiger partial charge in [0.15, 0.2) is 0 Å². The minimum absolute atomic E-state index is 0.00592. The molecule has 4 nitrogen and oxygen atoms in total. The molecule has 0 amide bonds. The number of amidine groups is 1. The topological polar surface area (TPSA) is 62.3 Å². The van der Waals surface area contributed by atoms with Gasteiger partial charge in [-0.2, -0.15) is 0 Å². The van der Waals surface area contributed by atoms with Crippen LogP contribution in [-0.2, 0) is 4.74 Å². The van der Waals surface area contributed by atoms with Gasteiger partial charge in [0.1, 0.15) is 5.84 Å². The van der Waals surface area contributed by atoms with Crippen molar-refractivity contribution in [3.8, 4) is 0 Å². The van der Waals surface area contributed by atoms with Gasteiger partial charge in [-0.25, -0.2) is 0 Å². The summed E-state index contributed by atoms with van der Waals surface area (Å²) in [4.78, 5) is 2.18. The first-order valence-electron chi connectivity index (χ1n) is 6.63. The van der Waals surface area contributed by atoms with Crippen LogP contribution in [0.4, 0.5) is 5.69 Å². The van der Waals surface area contributed by atoms with E-state index in [1.165, 1.54) is 0 Å². The fourth-order valence-electron chi connectivity index (χ4n) is 2.47. The Morgan fingerprint density at radius 1 is 1.58 bits per heavy atom. The van der Waals surface area contributed by atoms with Gasteiger partial charge < -0.3 is 15.4 Å². The fourth-order valence-corrected chi connectivity index (χ4v) is 2.75. The van der Waals surface area contributed by atoms with E-state index >= 15 is 0 Å². The van der Waals surface area contributed by atoms with Crippen LogP contribution in [0, 0.1) is 5.41 Å². The monoisotopic (exact) mass is 281 g/mol. The van der Waals surface area contributed by atoms with Crippen LogP contribution in [0.15, 0.2) is 18.2 Å². The standard InChI is InChI=1S/C14H20ClN3O/c1-2-18(9-10-5-4-8-19-10)12-7-3-6-11(15)13(12)14(16)17/h3,6-7,10H,2,4-5,8-9H2,1H3,(H3,16,17). The van der Waals surface area contributed by atoms with Crippen molar-refractivity contribution in [3.05, 3.63) is 28.8 Å². The van der Waals surface area contributed by atoms with Crippen LogP contribution in [0.1, 0.15) is 25.3 Å². The van der Waals surface area contributed by atoms with Gasteiger partial charge in [-0.05, 0) is 31.9 Å². The molecule has 1 unspecified atom stereocenters. The average Bonchev–Trinajstić information content (AvgIpc) is 2.88. The summed E-state index contributed by atoms with van der Waals surface area (Å²) >= 11 is 6.16. The first-order chi connectivity index (χ1) is 9.13. The van der Waals surface area contributed by atoms with Gasteiger partial charge in [0, 0.05) is 25.4 Å². The van der Waals surface area contributed by atoms with E-state index in [0.717, 1.165) is 38.2 Å². The predicted octanol–water partition coefficient (Wildman–Crippen LogP) is 2.63. The lowest BCUT2D eigenvalue weighted by molar-refractivity contribution is 0.115. The number of anilines is 1. The Hall–Kier alpha value is -1.26. The molecule has 1 aliphatic heterocycles. The summed E-state index contributed by atoms with van der Waals surface area (Å²) in [5, 5.41) is 8.23. The first kappa shape index (κ1) is 14.2. The SMILES string of the molecule is CCN(CC1CCCO1)c1cccc(Cl)c1C(=N)N. The number of nitrogens with two attached hydrogens (primary N) is 1. The number of rotatable bonds is 5. The van der Waals surface area contributed by atoms with E-state index < -0.39 is 0 Å². The number of nitrogens with zero attached hydrogens (tertiary/aromatic N) is 1. The zero-order valence-electron chi connectivity index (χ0n) is 11.2. The van der Waals surface area contributed by atoms with Crippen LogP contribution in [0.5, 0.6) is 0 Å². The molecule has 1 saturated heterocycles. The molecule has 1 aliphatic rings. The molecular formula is C14H20ClN3O. The van der Waals surface area contributed by atoms with Crippen molar-refractivity contribution in [2.75, 3.05) is 24.6 Å². The van der Waals surface area contributed by atoms with E-state index in [2.05, 4.69) is 11.8 Å². The Kier molecular flexibility index (Phi) is 4.66. The van der Waals surface area contributed by atoms with Gasteiger partial charge in [0.25, 0.3) is 0 Å². The molecule has 1 aromatic rings. The maximum atomic E-state index is 7.71. The number of ether oxygens (including phenoxy) is 1. The maximum absolute atomic E-state index is 7.71. The zero-order valence-corrected chi connectivity index (χ0v) is 11.9. The Morgan fingerprint density at radius 3 is 2.95 bits per heavy atom. The van der Waals surface area contributed by atoms with Crippen molar-refractivity contribution in [2.24, 2.45) is 5.73 Å². The Labute approximate surface area is 119 Å². The summed E-state index contributed by atoms with van der Waals surface area (Å²) in [7, 11) is 0. The van der Waals surface area contributed by atoms with Crippen LogP contribution in [-0.4, -0.2) is 31.6 Å². The number of halogens is 1. The van der Waals surface area contributed by atoms with Crippen molar-refractivity contribution >= 4 is 23.1 Å². The third-order valence-electron chi connectivity index (χ3n) is 3.43. The molecule has 1 heterocycles. The molecule has 0 aromatic heterocycles. The maximum Gasteiger partial charge on any atom is 0.126 e. The molecule has 0 spiro atoms. The van der Waals surface area contributed by atoms with E-state index in [4.69, 9.17) is 27.5 Å². The lowest BCUT2D eigenvalue weighted by Crippen LogP contribution is -2.33. The fraction of sp³-hybridized carbons (Fsp3) is 0.500. The van der Waals surface area contributed by atoms with Crippen molar-refractivity contribution in [1.82, 2.24) is 0 Å². The first-order valence-corrected chi connectivity index (χ1v) is 7.00. The summed E-state index contributed by atoms with van der Waals surface area (Å²) in [6.45, 7) is 4.58. The normalized spacial score (nSPS) is 18.5. The predicted molar refractivity (Wildman–Crippen MR) is 79.3 cm³/mol. The zero-order chi connectivity index (χ0) is 13.8. The molecule has 0 radical (unpaired) electrons. The third-order valence-corrected chi connectivity index (χ3v) is 3.75. The molecule has 3 N–H and O–H groups in total. The molecule has 5 heteroatoms. The number of nitrogens with one attached hydrogen (secondary N) is 1. The largest absolute Gasteiger partial charge is 0.384 e. The van der Waals surface area contributed by atoms with Crippen molar-refractivity contribution in [3.63, 3.8) is 0 Å². The van der Waals surface area contributed by atoms with Crippen LogP contribution < -0.4 is 10.6 Å². The molecule has 1 aromatic carbocycles. The minimum Gasteiger partial charge on any atom is -0.384 e. The number of benzene rings is 1. The minimum atomic E-state index is 0.00592. The Balaban J connectivity index is 2.26. The molecule has 0 aliphatic carbocycles. The Bertz CT molecular complexity index is 458. The molecule has 2 rings (SSSR count). The highest BCUT2D eigenvalue weighted by Crippen LogP contribution is 2.28. The van der Waals surface area contributed by atoms with Gasteiger partial charge in [0.2, 0.25) is 0 Å². The summed E-state index contributed by atoms with van der Waals surface area (Å²) in [5.41, 5.74) is 7.19. The molecular weight excluding hydrogens is 262 g/mol. The number of hydrogen-bond acceptors (Lipinski definition) is 3. The Morgan fingerprint density at radius 2 is 2.37 bits per heavy atom. The molecule has 19 heavy (non-hydrogen) atoms. The summed E-state index contributed by atoms with van der Waals surface area (Å²) in [5.74, 6) is 0.00592. The second kappa shape index (κ2) is 6.26. The van der Waals surface area contributed by atoms with Crippen LogP contribution in [0.2, 0.25) is 5.02 Å². The average molecular weight is 282 g/mol. The summed E-state index contributed by atoms with van der Waals surface area (Å²) < 4.78 is 5.68. The summed E-state index contributed by atoms with van der Waals surface area (Å²) in [6.07, 6.45) is 2.47. The van der Waals surface area contributed by atoms with Crippen LogP contribution in [0.25, 0.3) is 0 Å². The van der Waals surface area contributed by atoms with Crippen LogP contribution in [0.3, 0.4) is 0 Å². The van der Waals surface area contributed by atoms with E-state index in [0.29, 0.717) is 10.6 Å². The van der Waals surface area contributed by atoms with Crippen molar-refractivity contribution in [2.45, 2.75) is 25.9 Å². The van der Waals surface area contributed by atoms with E-state index in [9.17, 15) is 0 Å². The lowest BCUT2D eigenvalue weighted by atomic mass is 10.1.